The molecule has 6 aromatic carbocycles. The number of hydrogen-bond acceptors (Lipinski definition) is 2. The molecule has 17 aliphatic carbocycles. The van der Waals surface area contributed by atoms with Gasteiger partial charge >= 0.3 is 0 Å². The number of hydrogen-bond donors (Lipinski definition) is 0. The number of rotatable bonds is 24. The summed E-state index contributed by atoms with van der Waals surface area (Å²) < 4.78 is 145. The Balaban J connectivity index is 0.000000176. The molecule has 6 aromatic rings. The summed E-state index contributed by atoms with van der Waals surface area (Å²) in [5.41, 5.74) is 8.26. The molecule has 0 spiro atoms. The number of halogens is 8. The zero-order chi connectivity index (χ0) is 87.7. The topological polar surface area (TPSA) is 18.5 Å². The average molecular weight is 1950 g/mol. The van der Waals surface area contributed by atoms with Gasteiger partial charge in [0, 0.05) is 62.6 Å². The number of benzene rings is 6. The molecule has 16 saturated carbocycles. The van der Waals surface area contributed by atoms with E-state index in [4.69, 9.17) is 9.47 Å². The van der Waals surface area contributed by atoms with Crippen molar-refractivity contribution in [2.75, 3.05) is 14.2 Å². The molecule has 0 unspecified atom stereocenters. The number of methoxy groups -OCH3 is 2. The van der Waals surface area contributed by atoms with Gasteiger partial charge in [0.15, 0.2) is 46.5 Å². The smallest absolute Gasteiger partial charge is 0.170 e. The van der Waals surface area contributed by atoms with Crippen LogP contribution in [0.25, 0.3) is 44.5 Å². The van der Waals surface area contributed by atoms with Crippen molar-refractivity contribution < 1.29 is 85.4 Å². The predicted octanol–water partition coefficient (Wildman–Crippen LogP) is 33.4. The van der Waals surface area contributed by atoms with Gasteiger partial charge in [-0.05, 0) is 412 Å². The first-order valence-corrected chi connectivity index (χ1v) is 52.4. The summed E-state index contributed by atoms with van der Waals surface area (Å²) in [5.74, 6) is 0.898. The number of ether oxygens (including phenoxy) is 2. The van der Waals surface area contributed by atoms with Gasteiger partial charge in [-0.2, -0.15) is 0 Å². The Labute approximate surface area is 782 Å². The largest absolute Gasteiger partial charge is 0.496 e. The minimum atomic E-state index is -1.27. The van der Waals surface area contributed by atoms with Gasteiger partial charge in [0.25, 0.3) is 0 Å². The van der Waals surface area contributed by atoms with Gasteiger partial charge in [-0.3, -0.25) is 0 Å². The van der Waals surface area contributed by atoms with Gasteiger partial charge < -0.3 is 9.47 Å². The average Bonchev–Trinajstić information content (AvgIpc) is 0.689. The standard InChI is InChI=1S/2C52H67F4OP.C8H12.2Pd/c2*1-9-10-12-38-46(53)48(55)45(49(56)47(38)54)44-40(29(4)5)21-39(28(2)3)43(42(44)30(6)7)37-13-11-14-41(57-8)50(37)58(51-22-31-15-32(23-51)17-33(16-31)24-51)52-25-34-18-35(26-52)20-36(19-34)27-52;1-2-4-6-8-7-5-3-1;;/h2*11,13-14,21,28-36H,9-10,12,15-20,22-27H2,1-8H3;1-2,7-8H,3-6H2;;/b;;2-1-,8-7-;;. The van der Waals surface area contributed by atoms with Crippen LogP contribution < -0.4 is 20.1 Å². The summed E-state index contributed by atoms with van der Waals surface area (Å²) in [5, 5.41) is 3.74. The van der Waals surface area contributed by atoms with E-state index in [0.717, 1.165) is 138 Å². The van der Waals surface area contributed by atoms with Crippen LogP contribution in [0.4, 0.5) is 35.1 Å². The molecule has 0 radical (unpaired) electrons. The maximum Gasteiger partial charge on any atom is 0.170 e. The normalized spacial score (nSPS) is 30.7. The fraction of sp³-hybridized carbons (Fsp3) is 0.643. The molecule has 126 heavy (non-hydrogen) atoms. The predicted molar refractivity (Wildman–Crippen MR) is 503 cm³/mol. The summed E-state index contributed by atoms with van der Waals surface area (Å²) >= 11 is 0. The number of allylic oxidation sites excluding steroid dienone is 4. The summed E-state index contributed by atoms with van der Waals surface area (Å²) in [6, 6.07) is 17.5. The first-order valence-electron chi connectivity index (χ1n) is 49.7. The van der Waals surface area contributed by atoms with Gasteiger partial charge in [-0.15, -0.1) is 0 Å². The van der Waals surface area contributed by atoms with Crippen molar-refractivity contribution in [2.24, 2.45) is 71.0 Å². The maximum absolute atomic E-state index is 16.9. The third kappa shape index (κ3) is 17.5. The van der Waals surface area contributed by atoms with E-state index < -0.39 is 84.6 Å². The van der Waals surface area contributed by atoms with Crippen molar-refractivity contribution in [1.29, 1.82) is 0 Å². The molecular weight excluding hydrogens is 1800 g/mol. The molecule has 14 heteroatoms. The molecule has 692 valence electrons. The van der Waals surface area contributed by atoms with Gasteiger partial charge in [-0.1, -0.05) is 186 Å². The molecule has 17 aliphatic rings. The molecule has 0 atom stereocenters. The van der Waals surface area contributed by atoms with Crippen molar-refractivity contribution >= 4 is 26.5 Å². The fourth-order valence-electron chi connectivity index (χ4n) is 31.0. The summed E-state index contributed by atoms with van der Waals surface area (Å²) in [4.78, 5) is 0. The van der Waals surface area contributed by atoms with Crippen LogP contribution in [-0.2, 0) is 53.7 Å². The van der Waals surface area contributed by atoms with Gasteiger partial charge in [0.05, 0.1) is 25.3 Å². The van der Waals surface area contributed by atoms with Crippen LogP contribution in [0.2, 0.25) is 0 Å². The van der Waals surface area contributed by atoms with Crippen LogP contribution in [0, 0.1) is 118 Å². The van der Waals surface area contributed by atoms with Gasteiger partial charge in [0.1, 0.15) is 11.5 Å². The third-order valence-corrected chi connectivity index (χ3v) is 41.7. The molecule has 0 aliphatic heterocycles. The second kappa shape index (κ2) is 38.8. The van der Waals surface area contributed by atoms with E-state index in [1.165, 1.54) is 190 Å². The first kappa shape index (κ1) is 96.6. The molecule has 0 aromatic heterocycles. The monoisotopic (exact) mass is 1950 g/mol. The van der Waals surface area contributed by atoms with E-state index in [1.54, 1.807) is 0 Å². The Morgan fingerprint density at radius 1 is 0.310 bits per heavy atom. The molecular formula is C112H146F8O2P2Pd2. The second-order valence-corrected chi connectivity index (χ2v) is 50.9. The van der Waals surface area contributed by atoms with Crippen LogP contribution in [0.5, 0.6) is 11.5 Å². The van der Waals surface area contributed by atoms with E-state index >= 15 is 35.1 Å². The van der Waals surface area contributed by atoms with Crippen molar-refractivity contribution in [3.63, 3.8) is 0 Å². The third-order valence-electron chi connectivity index (χ3n) is 33.9. The van der Waals surface area contributed by atoms with Gasteiger partial charge in [-0.25, -0.2) is 35.1 Å². The zero-order valence-corrected chi connectivity index (χ0v) is 83.6. The van der Waals surface area contributed by atoms with Crippen LogP contribution in [0.15, 0.2) is 72.8 Å². The quantitative estimate of drug-likeness (QED) is 0.0198. The van der Waals surface area contributed by atoms with Crippen molar-refractivity contribution in [1.82, 2.24) is 0 Å². The van der Waals surface area contributed by atoms with Crippen LogP contribution in [-0.4, -0.2) is 34.8 Å². The van der Waals surface area contributed by atoms with E-state index in [-0.39, 0.29) is 110 Å². The van der Waals surface area contributed by atoms with E-state index in [0.29, 0.717) is 36.8 Å². The number of unbranched alkanes of at least 4 members (excludes halogenated alkanes) is 2. The Hall–Kier alpha value is -3.98. The summed E-state index contributed by atoms with van der Waals surface area (Å²) in [6.07, 6.45) is 48.6. The molecule has 16 bridgehead atoms. The van der Waals surface area contributed by atoms with E-state index in [9.17, 15) is 0 Å². The second-order valence-electron chi connectivity index (χ2n) is 44.8. The Kier molecular flexibility index (Phi) is 29.7. The van der Waals surface area contributed by atoms with Crippen molar-refractivity contribution in [3.8, 4) is 56.0 Å². The molecule has 23 rings (SSSR count). The minimum absolute atomic E-state index is 0. The Bertz CT molecular complexity index is 4420. The van der Waals surface area contributed by atoms with Crippen molar-refractivity contribution in [3.05, 3.63) is 164 Å². The SMILES string of the molecule is C1=C\CC/C=C\CC/1.CCCCc1c(F)c(F)c(-c2c(C(C)C)cc(C(C)C)c(-c3cccc(OC)c3P(C34CC5CC(CC(C5)C3)C4)C34CC5CC(CC(C5)C3)C4)c2C(C)C)c(F)c1F.CCCCc1c(F)c(F)c(-c2c(C(C)C)cc(C(C)C)c(-c3cccc(OC)c3P(C34CC5CC(CC(C5)C3)C4)C34CC5CC(CC(C5)C3)C4)c2C(C)C)c(F)c1F.[Pd].[Pd]. The molecule has 0 N–H and O–H groups in total. The molecule has 0 amide bonds. The van der Waals surface area contributed by atoms with Gasteiger partial charge in [0.2, 0.25) is 0 Å². The van der Waals surface area contributed by atoms with Crippen LogP contribution in [0.3, 0.4) is 0 Å². The first-order chi connectivity index (χ1) is 59.4. The summed E-state index contributed by atoms with van der Waals surface area (Å²) in [7, 11) is 2.18. The van der Waals surface area contributed by atoms with Crippen LogP contribution in [0.1, 0.15) is 382 Å². The van der Waals surface area contributed by atoms with Crippen LogP contribution >= 0.6 is 15.8 Å². The Morgan fingerprint density at radius 3 is 0.730 bits per heavy atom. The molecule has 0 saturated heterocycles. The maximum atomic E-state index is 16.9. The van der Waals surface area contributed by atoms with Crippen molar-refractivity contribution in [2.45, 2.75) is 371 Å². The minimum Gasteiger partial charge on any atom is -0.496 e. The zero-order valence-electron chi connectivity index (χ0n) is 78.7. The summed E-state index contributed by atoms with van der Waals surface area (Å²) in [6.45, 7) is 29.2. The fourth-order valence-corrected chi connectivity index (χ4v) is 41.8. The molecule has 0 heterocycles. The Morgan fingerprint density at radius 2 is 0.532 bits per heavy atom. The molecule has 16 fully saturated rings. The molecule has 2 nitrogen and oxygen atoms in total. The van der Waals surface area contributed by atoms with E-state index in [2.05, 4.69) is 128 Å². The van der Waals surface area contributed by atoms with E-state index in [1.807, 2.05) is 55.8 Å².